The summed E-state index contributed by atoms with van der Waals surface area (Å²) in [6.07, 6.45) is -5.50. The zero-order chi connectivity index (χ0) is 6.50. The Morgan fingerprint density at radius 3 is 1.00 bits per heavy atom. The Kier molecular flexibility index (Phi) is 6.88. The van der Waals surface area contributed by atoms with Crippen LogP contribution < -0.4 is 0 Å². The molecule has 49 valence electrons. The molecule has 0 atom stereocenters. The van der Waals surface area contributed by atoms with Crippen LogP contribution in [0.1, 0.15) is 0 Å². The van der Waals surface area contributed by atoms with Crippen LogP contribution in [0.15, 0.2) is 0 Å². The van der Waals surface area contributed by atoms with Crippen molar-refractivity contribution in [2.75, 3.05) is 0 Å². The molecule has 7 heavy (non-hydrogen) atoms. The van der Waals surface area contributed by atoms with Gasteiger partial charge in [-0.05, 0) is 0 Å². The van der Waals surface area contributed by atoms with Gasteiger partial charge in [0.2, 0.25) is 0 Å². The van der Waals surface area contributed by atoms with Gasteiger partial charge in [0, 0.05) is 0 Å². The predicted octanol–water partition coefficient (Wildman–Crippen LogP) is 2.12. The predicted molar refractivity (Wildman–Crippen MR) is 14.8 cm³/mol. The number of hydrogen-bond donors (Lipinski definition) is 0. The fourth-order valence-electron chi connectivity index (χ4n) is 0. The molecule has 0 aromatic heterocycles. The van der Waals surface area contributed by atoms with Crippen LogP contribution >= 0.6 is 10.6 Å². The Labute approximate surface area is 49.6 Å². The summed E-state index contributed by atoms with van der Waals surface area (Å²) in [5.41, 5.74) is 0. The van der Waals surface area contributed by atoms with Crippen LogP contribution in [-0.2, 0) is 14.4 Å². The van der Waals surface area contributed by atoms with E-state index in [9.17, 15) is 17.6 Å². The molecule has 0 fully saturated rings. The molecule has 0 saturated carbocycles. The van der Waals surface area contributed by atoms with Crippen LogP contribution in [0.4, 0.5) is 17.6 Å². The van der Waals surface area contributed by atoms with E-state index in [-0.39, 0.29) is 0 Å². The maximum absolute atomic E-state index is 9.69. The van der Waals surface area contributed by atoms with Crippen LogP contribution in [-0.4, -0.2) is 6.43 Å². The van der Waals surface area contributed by atoms with E-state index in [2.05, 4.69) is 24.9 Å². The number of rotatable bonds is 0. The molecule has 0 aliphatic heterocycles. The van der Waals surface area contributed by atoms with Gasteiger partial charge in [0.1, 0.15) is 0 Å². The van der Waals surface area contributed by atoms with Crippen LogP contribution in [0.2, 0.25) is 0 Å². The third-order valence-corrected chi connectivity index (χ3v) is 0. The average Bonchev–Trinajstić information content (AvgIpc) is 1.36. The number of halogens is 4. The molecule has 0 nitrogen and oxygen atoms in total. The standard InChI is InChI=1S/CF4.Cu.S/c2-1(3,4)5;;. The van der Waals surface area contributed by atoms with Crippen molar-refractivity contribution in [1.82, 2.24) is 0 Å². The molecule has 0 bridgehead atoms. The second kappa shape index (κ2) is 4.61. The van der Waals surface area contributed by atoms with Gasteiger partial charge in [0.25, 0.3) is 0 Å². The first kappa shape index (κ1) is 10.4. The van der Waals surface area contributed by atoms with E-state index < -0.39 is 6.43 Å². The normalized spacial score (nSPS) is 9.43. The van der Waals surface area contributed by atoms with E-state index >= 15 is 0 Å². The van der Waals surface area contributed by atoms with Crippen LogP contribution in [0.5, 0.6) is 0 Å². The van der Waals surface area contributed by atoms with Crippen molar-refractivity contribution >= 4 is 10.6 Å². The van der Waals surface area contributed by atoms with Gasteiger partial charge in [-0.15, -0.1) is 17.6 Å². The molecule has 0 aromatic carbocycles. The molecule has 0 aliphatic rings. The van der Waals surface area contributed by atoms with Crippen LogP contribution in [0.25, 0.3) is 0 Å². The van der Waals surface area contributed by atoms with E-state index in [1.54, 1.807) is 0 Å². The third kappa shape index (κ3) is 608. The average molecular weight is 184 g/mol. The number of hydrogen-bond acceptors (Lipinski definition) is 1. The van der Waals surface area contributed by atoms with Gasteiger partial charge in [-0.3, -0.25) is 0 Å². The third-order valence-electron chi connectivity index (χ3n) is 0. The summed E-state index contributed by atoms with van der Waals surface area (Å²) < 4.78 is 38.8. The van der Waals surface area contributed by atoms with Crippen molar-refractivity contribution in [2.24, 2.45) is 0 Å². The molecule has 0 saturated heterocycles. The Morgan fingerprint density at radius 1 is 1.00 bits per heavy atom. The second-order valence-electron chi connectivity index (χ2n) is 0.429. The fourth-order valence-corrected chi connectivity index (χ4v) is 0. The van der Waals surface area contributed by atoms with Crippen molar-refractivity contribution in [3.63, 3.8) is 0 Å². The minimum absolute atomic E-state index is 3.65. The maximum atomic E-state index is 9.69. The molecular formula is CCuF4S. The molecule has 0 radical (unpaired) electrons. The summed E-state index contributed by atoms with van der Waals surface area (Å²) >= 11 is 3.77. The van der Waals surface area contributed by atoms with Crippen LogP contribution in [0, 0.1) is 0 Å². The summed E-state index contributed by atoms with van der Waals surface area (Å²) in [5, 5.41) is 0. The zero-order valence-electron chi connectivity index (χ0n) is 2.72. The number of alkyl halides is 4. The first-order valence-electron chi connectivity index (χ1n) is 0.879. The van der Waals surface area contributed by atoms with Gasteiger partial charge in [-0.1, -0.05) is 0 Å². The van der Waals surface area contributed by atoms with Crippen molar-refractivity contribution in [2.45, 2.75) is 6.43 Å². The first-order chi connectivity index (χ1) is 3.00. The van der Waals surface area contributed by atoms with Gasteiger partial charge >= 0.3 is 31.4 Å². The van der Waals surface area contributed by atoms with Gasteiger partial charge < -0.3 is 0 Å². The quantitative estimate of drug-likeness (QED) is 0.410. The van der Waals surface area contributed by atoms with Crippen LogP contribution in [0.3, 0.4) is 0 Å². The Hall–Kier alpha value is 0.459. The SMILES string of the molecule is FC(F)(F)F.[S]=[Cu]. The molecule has 0 rings (SSSR count). The summed E-state index contributed by atoms with van der Waals surface area (Å²) in [5.74, 6) is 0. The Balaban J connectivity index is 0. The second-order valence-corrected chi connectivity index (χ2v) is 0.429. The summed E-state index contributed by atoms with van der Waals surface area (Å²) in [6.45, 7) is 0. The van der Waals surface area contributed by atoms with E-state index in [1.807, 2.05) is 0 Å². The van der Waals surface area contributed by atoms with Gasteiger partial charge in [-0.2, -0.15) is 0 Å². The topological polar surface area (TPSA) is 0 Å². The fraction of sp³-hybridized carbons (Fsp3) is 1.00. The Bertz CT molecular complexity index is 35.4. The first-order valence-corrected chi connectivity index (χ1v) is 2.28. The van der Waals surface area contributed by atoms with E-state index in [4.69, 9.17) is 0 Å². The molecule has 6 heteroatoms. The summed E-state index contributed by atoms with van der Waals surface area (Å²) in [4.78, 5) is 0. The Morgan fingerprint density at radius 2 is 1.00 bits per heavy atom. The zero-order valence-corrected chi connectivity index (χ0v) is 4.48. The van der Waals surface area contributed by atoms with Crippen molar-refractivity contribution in [3.05, 3.63) is 0 Å². The molecule has 0 amide bonds. The molecule has 0 aromatic rings. The monoisotopic (exact) mass is 183 g/mol. The van der Waals surface area contributed by atoms with Crippen molar-refractivity contribution in [3.8, 4) is 0 Å². The van der Waals surface area contributed by atoms with Gasteiger partial charge in [0.15, 0.2) is 0 Å². The van der Waals surface area contributed by atoms with Crippen molar-refractivity contribution < 1.29 is 31.9 Å². The minimum atomic E-state index is -5.50. The van der Waals surface area contributed by atoms with Gasteiger partial charge in [0.05, 0.1) is 0 Å². The molecule has 0 N–H and O–H groups in total. The summed E-state index contributed by atoms with van der Waals surface area (Å²) in [7, 11) is 3.65. The molecule has 0 spiro atoms. The molecule has 0 heterocycles. The molecular weight excluding hydrogens is 184 g/mol. The summed E-state index contributed by atoms with van der Waals surface area (Å²) in [6, 6.07) is 0. The van der Waals surface area contributed by atoms with E-state index in [1.165, 1.54) is 0 Å². The molecule has 0 aliphatic carbocycles. The van der Waals surface area contributed by atoms with E-state index in [0.717, 1.165) is 0 Å². The van der Waals surface area contributed by atoms with Crippen molar-refractivity contribution in [1.29, 1.82) is 0 Å². The van der Waals surface area contributed by atoms with E-state index in [0.29, 0.717) is 0 Å². The molecule has 0 unspecified atom stereocenters. The van der Waals surface area contributed by atoms with Gasteiger partial charge in [-0.25, -0.2) is 0 Å².